The molecule has 1 aliphatic rings. The smallest absolute Gasteiger partial charge is 0.317 e. The third kappa shape index (κ3) is 4.92. The van der Waals surface area contributed by atoms with E-state index in [1.807, 2.05) is 18.7 Å². The van der Waals surface area contributed by atoms with Crippen molar-refractivity contribution < 1.29 is 9.90 Å². The van der Waals surface area contributed by atoms with Gasteiger partial charge in [-0.25, -0.2) is 4.79 Å². The number of carbonyl (C=O) groups excluding carboxylic acids is 1. The first-order valence-electron chi connectivity index (χ1n) is 7.96. The van der Waals surface area contributed by atoms with E-state index in [1.54, 1.807) is 4.90 Å². The third-order valence-corrected chi connectivity index (χ3v) is 4.79. The lowest BCUT2D eigenvalue weighted by molar-refractivity contribution is 0.0835. The number of hydrogen-bond acceptors (Lipinski definition) is 3. The molecule has 2 amide bonds. The zero-order valence-corrected chi connectivity index (χ0v) is 14.4. The van der Waals surface area contributed by atoms with Crippen LogP contribution in [0.5, 0.6) is 0 Å². The number of aliphatic hydroxyl groups excluding tert-OH is 1. The average molecular weight is 322 g/mol. The molecule has 0 saturated carbocycles. The first kappa shape index (κ1) is 17.2. The molecule has 0 unspecified atom stereocenters. The lowest BCUT2D eigenvalue weighted by Crippen LogP contribution is -2.47. The molecule has 2 rings (SSSR count). The van der Waals surface area contributed by atoms with Crippen LogP contribution >= 0.6 is 11.8 Å². The molecule has 0 radical (unpaired) electrons. The highest BCUT2D eigenvalue weighted by molar-refractivity contribution is 7.99. The molecule has 0 bridgehead atoms. The summed E-state index contributed by atoms with van der Waals surface area (Å²) in [4.78, 5) is 15.2. The van der Waals surface area contributed by atoms with Gasteiger partial charge < -0.3 is 15.3 Å². The van der Waals surface area contributed by atoms with E-state index in [4.69, 9.17) is 0 Å². The maximum absolute atomic E-state index is 12.2. The zero-order chi connectivity index (χ0) is 16.1. The SMILES string of the molecule is CC(C)Sc1ccc([C@H](C)NC(=O)N2CCC[C@H](O)C2)cc1. The summed E-state index contributed by atoms with van der Waals surface area (Å²) in [6, 6.07) is 8.22. The van der Waals surface area contributed by atoms with Crippen LogP contribution in [-0.4, -0.2) is 40.5 Å². The zero-order valence-electron chi connectivity index (χ0n) is 13.6. The van der Waals surface area contributed by atoms with Crippen LogP contribution in [0.15, 0.2) is 29.2 Å². The van der Waals surface area contributed by atoms with Gasteiger partial charge in [0.1, 0.15) is 0 Å². The van der Waals surface area contributed by atoms with Gasteiger partial charge in [0.2, 0.25) is 0 Å². The fourth-order valence-corrected chi connectivity index (χ4v) is 3.44. The monoisotopic (exact) mass is 322 g/mol. The van der Waals surface area contributed by atoms with E-state index in [9.17, 15) is 9.90 Å². The van der Waals surface area contributed by atoms with Crippen molar-refractivity contribution >= 4 is 17.8 Å². The minimum absolute atomic E-state index is 0.0373. The number of carbonyl (C=O) groups is 1. The minimum Gasteiger partial charge on any atom is -0.391 e. The van der Waals surface area contributed by atoms with Crippen LogP contribution in [-0.2, 0) is 0 Å². The molecule has 122 valence electrons. The molecule has 1 fully saturated rings. The Morgan fingerprint density at radius 3 is 2.59 bits per heavy atom. The van der Waals surface area contributed by atoms with Gasteiger partial charge in [0.05, 0.1) is 12.1 Å². The normalized spacial score (nSPS) is 20.0. The van der Waals surface area contributed by atoms with Crippen molar-refractivity contribution in [3.63, 3.8) is 0 Å². The fraction of sp³-hybridized carbons (Fsp3) is 0.588. The molecule has 4 nitrogen and oxygen atoms in total. The molecule has 1 heterocycles. The Bertz CT molecular complexity index is 490. The van der Waals surface area contributed by atoms with Crippen LogP contribution < -0.4 is 5.32 Å². The van der Waals surface area contributed by atoms with Crippen molar-refractivity contribution in [3.05, 3.63) is 29.8 Å². The van der Waals surface area contributed by atoms with E-state index >= 15 is 0 Å². The van der Waals surface area contributed by atoms with Crippen molar-refractivity contribution in [1.82, 2.24) is 10.2 Å². The maximum atomic E-state index is 12.2. The number of β-amino-alcohol motifs (C(OH)–C–C–N with tert-alkyl or cyclic N) is 1. The first-order chi connectivity index (χ1) is 10.5. The Labute approximate surface area is 137 Å². The van der Waals surface area contributed by atoms with E-state index < -0.39 is 0 Å². The van der Waals surface area contributed by atoms with Gasteiger partial charge in [-0.15, -0.1) is 11.8 Å². The number of rotatable bonds is 4. The highest BCUT2D eigenvalue weighted by Gasteiger charge is 2.23. The predicted octanol–water partition coefficient (Wildman–Crippen LogP) is 3.41. The van der Waals surface area contributed by atoms with Gasteiger partial charge in [-0.1, -0.05) is 26.0 Å². The number of nitrogens with zero attached hydrogens (tertiary/aromatic N) is 1. The molecule has 0 aromatic heterocycles. The highest BCUT2D eigenvalue weighted by atomic mass is 32.2. The molecule has 1 saturated heterocycles. The lowest BCUT2D eigenvalue weighted by atomic mass is 10.1. The van der Waals surface area contributed by atoms with Gasteiger partial charge in [0.15, 0.2) is 0 Å². The molecule has 1 aromatic rings. The van der Waals surface area contributed by atoms with Crippen molar-refractivity contribution in [1.29, 1.82) is 0 Å². The Balaban J connectivity index is 1.90. The van der Waals surface area contributed by atoms with Crippen LogP contribution in [0.1, 0.15) is 45.2 Å². The second-order valence-corrected chi connectivity index (χ2v) is 7.80. The molecule has 1 aliphatic heterocycles. The van der Waals surface area contributed by atoms with Gasteiger partial charge in [-0.2, -0.15) is 0 Å². The number of likely N-dealkylation sites (tertiary alicyclic amines) is 1. The fourth-order valence-electron chi connectivity index (χ4n) is 2.61. The Hall–Kier alpha value is -1.20. The lowest BCUT2D eigenvalue weighted by Gasteiger charge is -2.31. The Morgan fingerprint density at radius 2 is 2.00 bits per heavy atom. The summed E-state index contributed by atoms with van der Waals surface area (Å²) >= 11 is 1.83. The highest BCUT2D eigenvalue weighted by Crippen LogP contribution is 2.24. The largest absolute Gasteiger partial charge is 0.391 e. The second kappa shape index (κ2) is 7.88. The third-order valence-electron chi connectivity index (χ3n) is 3.78. The Morgan fingerprint density at radius 1 is 1.32 bits per heavy atom. The topological polar surface area (TPSA) is 52.6 Å². The van der Waals surface area contributed by atoms with E-state index in [0.29, 0.717) is 11.8 Å². The molecule has 2 N–H and O–H groups in total. The van der Waals surface area contributed by atoms with E-state index in [2.05, 4.69) is 43.4 Å². The second-order valence-electron chi connectivity index (χ2n) is 6.15. The quantitative estimate of drug-likeness (QED) is 0.835. The van der Waals surface area contributed by atoms with E-state index in [1.165, 1.54) is 4.90 Å². The molecular formula is C17H26N2O2S. The van der Waals surface area contributed by atoms with Crippen LogP contribution in [0, 0.1) is 0 Å². The van der Waals surface area contributed by atoms with Gasteiger partial charge >= 0.3 is 6.03 Å². The van der Waals surface area contributed by atoms with Gasteiger partial charge in [0.25, 0.3) is 0 Å². The predicted molar refractivity (Wildman–Crippen MR) is 91.2 cm³/mol. The molecule has 1 aromatic carbocycles. The number of piperidine rings is 1. The number of thioether (sulfide) groups is 1. The molecular weight excluding hydrogens is 296 g/mol. The average Bonchev–Trinajstić information content (AvgIpc) is 2.47. The molecule has 5 heteroatoms. The van der Waals surface area contributed by atoms with Crippen molar-refractivity contribution in [2.24, 2.45) is 0 Å². The summed E-state index contributed by atoms with van der Waals surface area (Å²) in [5.41, 5.74) is 1.10. The standard InChI is InChI=1S/C17H26N2O2S/c1-12(2)22-16-8-6-14(7-9-16)13(3)18-17(21)19-10-4-5-15(20)11-19/h6-9,12-13,15,20H,4-5,10-11H2,1-3H3,(H,18,21)/t13-,15-/m0/s1. The number of nitrogens with one attached hydrogen (secondary N) is 1. The summed E-state index contributed by atoms with van der Waals surface area (Å²) < 4.78 is 0. The van der Waals surface area contributed by atoms with E-state index in [-0.39, 0.29) is 18.2 Å². The molecule has 22 heavy (non-hydrogen) atoms. The van der Waals surface area contributed by atoms with Crippen LogP contribution in [0.3, 0.4) is 0 Å². The molecule has 0 spiro atoms. The summed E-state index contributed by atoms with van der Waals surface area (Å²) in [6.07, 6.45) is 1.26. The van der Waals surface area contributed by atoms with Crippen LogP contribution in [0.4, 0.5) is 4.79 Å². The number of aliphatic hydroxyl groups is 1. The van der Waals surface area contributed by atoms with Crippen molar-refractivity contribution in [2.45, 2.75) is 55.9 Å². The van der Waals surface area contributed by atoms with Crippen LogP contribution in [0.25, 0.3) is 0 Å². The number of hydrogen-bond donors (Lipinski definition) is 2. The first-order valence-corrected chi connectivity index (χ1v) is 8.84. The van der Waals surface area contributed by atoms with Gasteiger partial charge in [-0.3, -0.25) is 0 Å². The summed E-state index contributed by atoms with van der Waals surface area (Å²) in [6.45, 7) is 7.49. The minimum atomic E-state index is -0.387. The van der Waals surface area contributed by atoms with Crippen molar-refractivity contribution in [2.75, 3.05) is 13.1 Å². The maximum Gasteiger partial charge on any atom is 0.317 e. The van der Waals surface area contributed by atoms with E-state index in [0.717, 1.165) is 24.9 Å². The van der Waals surface area contributed by atoms with Crippen LogP contribution in [0.2, 0.25) is 0 Å². The summed E-state index contributed by atoms with van der Waals surface area (Å²) in [5, 5.41) is 13.2. The summed E-state index contributed by atoms with van der Waals surface area (Å²) in [7, 11) is 0. The van der Waals surface area contributed by atoms with Gasteiger partial charge in [-0.05, 0) is 37.5 Å². The number of amides is 2. The summed E-state index contributed by atoms with van der Waals surface area (Å²) in [5.74, 6) is 0. The molecule has 0 aliphatic carbocycles. The number of benzene rings is 1. The number of urea groups is 1. The van der Waals surface area contributed by atoms with Gasteiger partial charge in [0, 0.05) is 23.2 Å². The molecule has 2 atom stereocenters. The van der Waals surface area contributed by atoms with Crippen molar-refractivity contribution in [3.8, 4) is 0 Å². The Kier molecular flexibility index (Phi) is 6.15.